The number of aromatic hydroxyl groups is 1. The number of amides is 1. The molecule has 1 fully saturated rings. The Morgan fingerprint density at radius 2 is 1.95 bits per heavy atom. The molecule has 1 saturated carbocycles. The van der Waals surface area contributed by atoms with Crippen LogP contribution in [0, 0.1) is 0 Å². The molecule has 0 bridgehead atoms. The van der Waals surface area contributed by atoms with E-state index in [0.29, 0.717) is 18.4 Å². The van der Waals surface area contributed by atoms with Gasteiger partial charge in [-0.25, -0.2) is 0 Å². The summed E-state index contributed by atoms with van der Waals surface area (Å²) >= 11 is 0. The number of carbonyl (C=O) groups excluding carboxylic acids is 1. The van der Waals surface area contributed by atoms with Crippen LogP contribution in [0.25, 0.3) is 10.9 Å². The van der Waals surface area contributed by atoms with E-state index in [2.05, 4.69) is 10.3 Å². The fourth-order valence-electron chi connectivity index (χ4n) is 2.80. The fourth-order valence-corrected chi connectivity index (χ4v) is 2.80. The van der Waals surface area contributed by atoms with Crippen LogP contribution in [-0.4, -0.2) is 33.3 Å². The maximum atomic E-state index is 12.3. The Balaban J connectivity index is 1.80. The summed E-state index contributed by atoms with van der Waals surface area (Å²) < 4.78 is 0. The summed E-state index contributed by atoms with van der Waals surface area (Å²) in [5, 5.41) is 23.4. The van der Waals surface area contributed by atoms with Crippen LogP contribution in [-0.2, 0) is 0 Å². The third-order valence-electron chi connectivity index (χ3n) is 4.02. The van der Waals surface area contributed by atoms with Gasteiger partial charge in [-0.05, 0) is 37.8 Å². The first kappa shape index (κ1) is 13.8. The molecular formula is C16H18N2O3. The molecule has 0 saturated heterocycles. The molecule has 5 heteroatoms. The predicted molar refractivity (Wildman–Crippen MR) is 79.1 cm³/mol. The molecule has 5 nitrogen and oxygen atoms in total. The Morgan fingerprint density at radius 1 is 1.19 bits per heavy atom. The molecule has 0 spiro atoms. The van der Waals surface area contributed by atoms with Crippen molar-refractivity contribution >= 4 is 16.8 Å². The van der Waals surface area contributed by atoms with Gasteiger partial charge < -0.3 is 15.5 Å². The summed E-state index contributed by atoms with van der Waals surface area (Å²) in [7, 11) is 0. The van der Waals surface area contributed by atoms with Gasteiger partial charge in [0, 0.05) is 17.6 Å². The van der Waals surface area contributed by atoms with Crippen molar-refractivity contribution in [2.45, 2.75) is 37.8 Å². The molecule has 0 radical (unpaired) electrons. The number of nitrogens with zero attached hydrogens (tertiary/aromatic N) is 1. The molecule has 1 amide bonds. The van der Waals surface area contributed by atoms with E-state index < -0.39 is 0 Å². The lowest BCUT2D eigenvalue weighted by molar-refractivity contribution is 0.0865. The number of hydrogen-bond donors (Lipinski definition) is 3. The smallest absolute Gasteiger partial charge is 0.255 e. The van der Waals surface area contributed by atoms with Crippen LogP contribution in [0.5, 0.6) is 5.75 Å². The molecule has 21 heavy (non-hydrogen) atoms. The first-order chi connectivity index (χ1) is 10.1. The highest BCUT2D eigenvalue weighted by Crippen LogP contribution is 2.27. The molecule has 3 rings (SSSR count). The minimum atomic E-state index is -0.290. The van der Waals surface area contributed by atoms with Crippen LogP contribution < -0.4 is 5.32 Å². The molecule has 1 aromatic carbocycles. The van der Waals surface area contributed by atoms with Crippen molar-refractivity contribution in [3.8, 4) is 5.75 Å². The number of carbonyl (C=O) groups is 1. The minimum absolute atomic E-state index is 0.0553. The SMILES string of the molecule is O=C(N[C@H]1CC[C@H](O)CC1)c1ccc2cccnc2c1O. The zero-order valence-corrected chi connectivity index (χ0v) is 11.6. The molecule has 3 N–H and O–H groups in total. The van der Waals surface area contributed by atoms with E-state index in [1.807, 2.05) is 6.07 Å². The van der Waals surface area contributed by atoms with Crippen LogP contribution in [0.15, 0.2) is 30.5 Å². The number of rotatable bonds is 2. The van der Waals surface area contributed by atoms with E-state index >= 15 is 0 Å². The number of benzene rings is 1. The second kappa shape index (κ2) is 5.69. The molecule has 1 aliphatic carbocycles. The lowest BCUT2D eigenvalue weighted by Crippen LogP contribution is -2.38. The van der Waals surface area contributed by atoms with Gasteiger partial charge in [0.05, 0.1) is 11.7 Å². The topological polar surface area (TPSA) is 82.5 Å². The highest BCUT2D eigenvalue weighted by molar-refractivity contribution is 6.02. The van der Waals surface area contributed by atoms with Crippen LogP contribution in [0.2, 0.25) is 0 Å². The Hall–Kier alpha value is -2.14. The molecule has 1 aliphatic rings. The number of pyridine rings is 1. The maximum absolute atomic E-state index is 12.3. The first-order valence-electron chi connectivity index (χ1n) is 7.21. The monoisotopic (exact) mass is 286 g/mol. The number of hydrogen-bond acceptors (Lipinski definition) is 4. The van der Waals surface area contributed by atoms with Crippen LogP contribution >= 0.6 is 0 Å². The van der Waals surface area contributed by atoms with Gasteiger partial charge in [-0.2, -0.15) is 0 Å². The van der Waals surface area contributed by atoms with Crippen LogP contribution in [0.3, 0.4) is 0 Å². The summed E-state index contributed by atoms with van der Waals surface area (Å²) in [6, 6.07) is 7.08. The highest BCUT2D eigenvalue weighted by atomic mass is 16.3. The van der Waals surface area contributed by atoms with Crippen molar-refractivity contribution < 1.29 is 15.0 Å². The van der Waals surface area contributed by atoms with E-state index in [0.717, 1.165) is 18.2 Å². The first-order valence-corrected chi connectivity index (χ1v) is 7.21. The maximum Gasteiger partial charge on any atom is 0.255 e. The van der Waals surface area contributed by atoms with E-state index in [9.17, 15) is 15.0 Å². The largest absolute Gasteiger partial charge is 0.505 e. The summed E-state index contributed by atoms with van der Waals surface area (Å²) in [5.41, 5.74) is 0.677. The summed E-state index contributed by atoms with van der Waals surface area (Å²) in [6.07, 6.45) is 4.27. The van der Waals surface area contributed by atoms with Crippen LogP contribution in [0.1, 0.15) is 36.0 Å². The third-order valence-corrected chi connectivity index (χ3v) is 4.02. The van der Waals surface area contributed by atoms with Crippen molar-refractivity contribution in [3.05, 3.63) is 36.0 Å². The average Bonchev–Trinajstić information content (AvgIpc) is 2.50. The van der Waals surface area contributed by atoms with Crippen molar-refractivity contribution in [1.29, 1.82) is 0 Å². The number of phenolic OH excluding ortho intramolecular Hbond substituents is 1. The Kier molecular flexibility index (Phi) is 3.75. The van der Waals surface area contributed by atoms with Gasteiger partial charge in [-0.1, -0.05) is 12.1 Å². The molecule has 2 aromatic rings. The molecule has 110 valence electrons. The lowest BCUT2D eigenvalue weighted by Gasteiger charge is -2.26. The molecule has 0 aliphatic heterocycles. The van der Waals surface area contributed by atoms with Crippen LogP contribution in [0.4, 0.5) is 0 Å². The number of aromatic nitrogens is 1. The van der Waals surface area contributed by atoms with Gasteiger partial charge in [-0.3, -0.25) is 9.78 Å². The number of aliphatic hydroxyl groups excluding tert-OH is 1. The Labute approximate surface area is 122 Å². The molecule has 1 heterocycles. The quantitative estimate of drug-likeness (QED) is 0.788. The van der Waals surface area contributed by atoms with Gasteiger partial charge in [-0.15, -0.1) is 0 Å². The standard InChI is InChI=1S/C16H18N2O3/c19-12-6-4-11(5-7-12)18-16(21)13-8-3-10-2-1-9-17-14(10)15(13)20/h1-3,8-9,11-12,19-20H,4-7H2,(H,18,21)/t11-,12-. The molecule has 1 aromatic heterocycles. The Bertz CT molecular complexity index is 664. The third kappa shape index (κ3) is 2.83. The van der Waals surface area contributed by atoms with E-state index in [1.54, 1.807) is 24.4 Å². The normalized spacial score (nSPS) is 22.1. The van der Waals surface area contributed by atoms with Gasteiger partial charge in [0.15, 0.2) is 5.75 Å². The lowest BCUT2D eigenvalue weighted by atomic mass is 9.93. The summed E-state index contributed by atoms with van der Waals surface area (Å²) in [5.74, 6) is -0.372. The average molecular weight is 286 g/mol. The number of fused-ring (bicyclic) bond motifs is 1. The zero-order valence-electron chi connectivity index (χ0n) is 11.6. The second-order valence-corrected chi connectivity index (χ2v) is 5.52. The molecule has 0 atom stereocenters. The van der Waals surface area contributed by atoms with E-state index in [-0.39, 0.29) is 29.4 Å². The zero-order chi connectivity index (χ0) is 14.8. The number of phenols is 1. The highest BCUT2D eigenvalue weighted by Gasteiger charge is 2.22. The Morgan fingerprint density at radius 3 is 2.71 bits per heavy atom. The van der Waals surface area contributed by atoms with Gasteiger partial charge in [0.1, 0.15) is 5.52 Å². The second-order valence-electron chi connectivity index (χ2n) is 5.52. The molecule has 0 unspecified atom stereocenters. The van der Waals surface area contributed by atoms with Crippen molar-refractivity contribution in [2.24, 2.45) is 0 Å². The van der Waals surface area contributed by atoms with Crippen molar-refractivity contribution in [2.75, 3.05) is 0 Å². The predicted octanol–water partition coefficient (Wildman–Crippen LogP) is 1.97. The van der Waals surface area contributed by atoms with Gasteiger partial charge >= 0.3 is 0 Å². The van der Waals surface area contributed by atoms with Gasteiger partial charge in [0.2, 0.25) is 0 Å². The van der Waals surface area contributed by atoms with Crippen molar-refractivity contribution in [3.63, 3.8) is 0 Å². The molecular weight excluding hydrogens is 268 g/mol. The van der Waals surface area contributed by atoms with E-state index in [4.69, 9.17) is 0 Å². The number of aliphatic hydroxyl groups is 1. The van der Waals surface area contributed by atoms with Crippen molar-refractivity contribution in [1.82, 2.24) is 10.3 Å². The van der Waals surface area contributed by atoms with Gasteiger partial charge in [0.25, 0.3) is 5.91 Å². The summed E-state index contributed by atoms with van der Waals surface area (Å²) in [6.45, 7) is 0. The summed E-state index contributed by atoms with van der Waals surface area (Å²) in [4.78, 5) is 16.4. The van der Waals surface area contributed by atoms with E-state index in [1.165, 1.54) is 0 Å². The minimum Gasteiger partial charge on any atom is -0.505 e. The fraction of sp³-hybridized carbons (Fsp3) is 0.375. The number of nitrogens with one attached hydrogen (secondary N) is 1.